The molecule has 0 spiro atoms. The van der Waals surface area contributed by atoms with Crippen molar-refractivity contribution >= 4 is 5.71 Å². The molecule has 0 saturated carbocycles. The van der Waals surface area contributed by atoms with Crippen LogP contribution in [0.4, 0.5) is 8.78 Å². The summed E-state index contributed by atoms with van der Waals surface area (Å²) in [6.45, 7) is 0. The first-order valence-corrected chi connectivity index (χ1v) is 5.98. The van der Waals surface area contributed by atoms with E-state index >= 15 is 0 Å². The van der Waals surface area contributed by atoms with Gasteiger partial charge < -0.3 is 4.84 Å². The lowest BCUT2D eigenvalue weighted by Gasteiger charge is -2.10. The summed E-state index contributed by atoms with van der Waals surface area (Å²) < 4.78 is 27.3. The van der Waals surface area contributed by atoms with Gasteiger partial charge in [-0.1, -0.05) is 41.6 Å². The number of halogens is 2. The number of hydrogen-bond donors (Lipinski definition) is 0. The van der Waals surface area contributed by atoms with Crippen molar-refractivity contribution in [3.05, 3.63) is 71.3 Å². The van der Waals surface area contributed by atoms with Crippen LogP contribution in [0, 0.1) is 11.6 Å². The van der Waals surface area contributed by atoms with Gasteiger partial charge in [0.1, 0.15) is 11.6 Å². The molecule has 1 unspecified atom stereocenters. The van der Waals surface area contributed by atoms with Gasteiger partial charge in [-0.2, -0.15) is 0 Å². The van der Waals surface area contributed by atoms with Crippen LogP contribution >= 0.6 is 0 Å². The molecular formula is C15H11F2NO. The molecule has 0 radical (unpaired) electrons. The molecule has 3 rings (SSSR count). The lowest BCUT2D eigenvalue weighted by atomic mass is 9.99. The monoisotopic (exact) mass is 259 g/mol. The smallest absolute Gasteiger partial charge is 0.163 e. The van der Waals surface area contributed by atoms with Crippen LogP contribution in [-0.4, -0.2) is 5.71 Å². The van der Waals surface area contributed by atoms with Crippen LogP contribution in [0.5, 0.6) is 0 Å². The molecule has 0 saturated heterocycles. The Hall–Kier alpha value is -2.23. The van der Waals surface area contributed by atoms with Gasteiger partial charge in [0.05, 0.1) is 11.3 Å². The quantitative estimate of drug-likeness (QED) is 0.803. The predicted molar refractivity (Wildman–Crippen MR) is 67.8 cm³/mol. The Morgan fingerprint density at radius 2 is 1.63 bits per heavy atom. The zero-order chi connectivity index (χ0) is 13.2. The van der Waals surface area contributed by atoms with Gasteiger partial charge in [-0.3, -0.25) is 0 Å². The van der Waals surface area contributed by atoms with E-state index in [1.165, 1.54) is 18.2 Å². The fourth-order valence-electron chi connectivity index (χ4n) is 2.15. The van der Waals surface area contributed by atoms with Crippen molar-refractivity contribution in [2.75, 3.05) is 0 Å². The van der Waals surface area contributed by atoms with Gasteiger partial charge in [0, 0.05) is 6.42 Å². The normalized spacial score (nSPS) is 18.0. The van der Waals surface area contributed by atoms with Crippen LogP contribution in [0.2, 0.25) is 0 Å². The Labute approximate surface area is 109 Å². The van der Waals surface area contributed by atoms with E-state index in [1.807, 2.05) is 30.3 Å². The predicted octanol–water partition coefficient (Wildman–Crippen LogP) is 3.83. The van der Waals surface area contributed by atoms with Crippen LogP contribution in [0.25, 0.3) is 0 Å². The summed E-state index contributed by atoms with van der Waals surface area (Å²) in [5, 5.41) is 3.93. The van der Waals surface area contributed by atoms with Crippen molar-refractivity contribution in [2.45, 2.75) is 12.5 Å². The van der Waals surface area contributed by atoms with Crippen molar-refractivity contribution in [3.63, 3.8) is 0 Å². The Morgan fingerprint density at radius 3 is 2.32 bits per heavy atom. The van der Waals surface area contributed by atoms with Crippen LogP contribution < -0.4 is 0 Å². The number of oxime groups is 1. The van der Waals surface area contributed by atoms with Crippen molar-refractivity contribution in [3.8, 4) is 0 Å². The molecular weight excluding hydrogens is 248 g/mol. The second kappa shape index (κ2) is 4.80. The first-order valence-electron chi connectivity index (χ1n) is 5.98. The van der Waals surface area contributed by atoms with E-state index in [4.69, 9.17) is 4.84 Å². The average Bonchev–Trinajstić information content (AvgIpc) is 2.89. The second-order valence-corrected chi connectivity index (χ2v) is 4.34. The third-order valence-electron chi connectivity index (χ3n) is 3.10. The number of rotatable bonds is 2. The summed E-state index contributed by atoms with van der Waals surface area (Å²) in [5.41, 5.74) is 1.55. The van der Waals surface area contributed by atoms with Gasteiger partial charge in [-0.25, -0.2) is 8.78 Å². The molecule has 2 aromatic rings. The summed E-state index contributed by atoms with van der Waals surface area (Å²) in [4.78, 5) is 5.18. The van der Waals surface area contributed by atoms with Gasteiger partial charge in [0.15, 0.2) is 6.10 Å². The molecule has 96 valence electrons. The van der Waals surface area contributed by atoms with Gasteiger partial charge in [-0.15, -0.1) is 0 Å². The van der Waals surface area contributed by atoms with Crippen molar-refractivity contribution in [2.24, 2.45) is 5.16 Å². The fraction of sp³-hybridized carbons (Fsp3) is 0.133. The summed E-state index contributed by atoms with van der Waals surface area (Å²) in [5.74, 6) is -1.20. The molecule has 2 aromatic carbocycles. The number of nitrogens with zero attached hydrogens (tertiary/aromatic N) is 1. The molecule has 19 heavy (non-hydrogen) atoms. The van der Waals surface area contributed by atoms with E-state index in [-0.39, 0.29) is 5.56 Å². The highest BCUT2D eigenvalue weighted by molar-refractivity contribution is 6.01. The average molecular weight is 259 g/mol. The standard InChI is InChI=1S/C15H11F2NO/c16-11-7-4-8-12(17)15(11)14-9-13(18-19-14)10-5-2-1-3-6-10/h1-8,14H,9H2. The molecule has 1 aliphatic heterocycles. The molecule has 2 nitrogen and oxygen atoms in total. The molecule has 1 heterocycles. The molecule has 0 amide bonds. The molecule has 1 atom stereocenters. The third kappa shape index (κ3) is 2.21. The Morgan fingerprint density at radius 1 is 0.947 bits per heavy atom. The van der Waals surface area contributed by atoms with Crippen LogP contribution in [-0.2, 0) is 4.84 Å². The molecule has 4 heteroatoms. The van der Waals surface area contributed by atoms with E-state index < -0.39 is 17.7 Å². The Bertz CT molecular complexity index is 605. The van der Waals surface area contributed by atoms with Crippen molar-refractivity contribution in [1.82, 2.24) is 0 Å². The summed E-state index contributed by atoms with van der Waals surface area (Å²) in [6, 6.07) is 13.2. The van der Waals surface area contributed by atoms with Gasteiger partial charge in [0.25, 0.3) is 0 Å². The maximum Gasteiger partial charge on any atom is 0.163 e. The minimum absolute atomic E-state index is 0.0582. The molecule has 0 aliphatic carbocycles. The van der Waals surface area contributed by atoms with E-state index in [2.05, 4.69) is 5.16 Å². The zero-order valence-corrected chi connectivity index (χ0v) is 10.0. The lowest BCUT2D eigenvalue weighted by molar-refractivity contribution is 0.0800. The van der Waals surface area contributed by atoms with Crippen molar-refractivity contribution in [1.29, 1.82) is 0 Å². The third-order valence-corrected chi connectivity index (χ3v) is 3.10. The molecule has 0 aromatic heterocycles. The van der Waals surface area contributed by atoms with Gasteiger partial charge >= 0.3 is 0 Å². The highest BCUT2D eigenvalue weighted by atomic mass is 19.1. The molecule has 0 fully saturated rings. The lowest BCUT2D eigenvalue weighted by Crippen LogP contribution is -2.06. The fourth-order valence-corrected chi connectivity index (χ4v) is 2.15. The largest absolute Gasteiger partial charge is 0.387 e. The maximum absolute atomic E-state index is 13.7. The van der Waals surface area contributed by atoms with E-state index in [0.29, 0.717) is 12.1 Å². The Kier molecular flexibility index (Phi) is 2.99. The Balaban J connectivity index is 1.86. The van der Waals surface area contributed by atoms with Crippen LogP contribution in [0.1, 0.15) is 23.7 Å². The minimum atomic E-state index is -0.698. The summed E-state index contributed by atoms with van der Waals surface area (Å²) in [6.07, 6.45) is -0.335. The number of hydrogen-bond acceptors (Lipinski definition) is 2. The highest BCUT2D eigenvalue weighted by Crippen LogP contribution is 2.32. The van der Waals surface area contributed by atoms with Crippen molar-refractivity contribution < 1.29 is 13.6 Å². The second-order valence-electron chi connectivity index (χ2n) is 4.34. The van der Waals surface area contributed by atoms with E-state index in [1.54, 1.807) is 0 Å². The topological polar surface area (TPSA) is 21.6 Å². The summed E-state index contributed by atoms with van der Waals surface area (Å²) >= 11 is 0. The zero-order valence-electron chi connectivity index (χ0n) is 10.0. The molecule has 1 aliphatic rings. The van der Waals surface area contributed by atoms with Crippen LogP contribution in [0.3, 0.4) is 0 Å². The van der Waals surface area contributed by atoms with E-state index in [9.17, 15) is 8.78 Å². The first kappa shape index (κ1) is 11.8. The van der Waals surface area contributed by atoms with Gasteiger partial charge in [-0.05, 0) is 17.7 Å². The number of benzene rings is 2. The maximum atomic E-state index is 13.7. The molecule has 0 bridgehead atoms. The van der Waals surface area contributed by atoms with E-state index in [0.717, 1.165) is 5.56 Å². The minimum Gasteiger partial charge on any atom is -0.387 e. The van der Waals surface area contributed by atoms with Gasteiger partial charge in [0.2, 0.25) is 0 Å². The summed E-state index contributed by atoms with van der Waals surface area (Å²) in [7, 11) is 0. The molecule has 0 N–H and O–H groups in total. The first-order chi connectivity index (χ1) is 9.25. The highest BCUT2D eigenvalue weighted by Gasteiger charge is 2.28. The van der Waals surface area contributed by atoms with Crippen LogP contribution in [0.15, 0.2) is 53.7 Å². The SMILES string of the molecule is Fc1cccc(F)c1C1CC(c2ccccc2)=NO1.